The van der Waals surface area contributed by atoms with Crippen molar-refractivity contribution >= 4 is 17.7 Å². The summed E-state index contributed by atoms with van der Waals surface area (Å²) in [7, 11) is 0. The summed E-state index contributed by atoms with van der Waals surface area (Å²) < 4.78 is 5.31. The van der Waals surface area contributed by atoms with E-state index in [1.807, 2.05) is 43.3 Å². The lowest BCUT2D eigenvalue weighted by Crippen LogP contribution is -2.57. The zero-order valence-electron chi connectivity index (χ0n) is 17.5. The van der Waals surface area contributed by atoms with Gasteiger partial charge in [-0.1, -0.05) is 48.0 Å². The van der Waals surface area contributed by atoms with Gasteiger partial charge in [0.25, 0.3) is 5.91 Å². The van der Waals surface area contributed by atoms with Gasteiger partial charge in [0, 0.05) is 10.5 Å². The van der Waals surface area contributed by atoms with E-state index in [0.29, 0.717) is 11.3 Å². The molecule has 1 atom stereocenters. The van der Waals surface area contributed by atoms with E-state index < -0.39 is 34.6 Å². The van der Waals surface area contributed by atoms with Crippen LogP contribution < -0.4 is 10.2 Å². The molecule has 2 aromatic carbocycles. The molecule has 30 heavy (non-hydrogen) atoms. The second-order valence-corrected chi connectivity index (χ2v) is 8.42. The maximum absolute atomic E-state index is 13.6. The van der Waals surface area contributed by atoms with Crippen LogP contribution in [0.3, 0.4) is 0 Å². The van der Waals surface area contributed by atoms with E-state index in [0.717, 1.165) is 11.1 Å². The third kappa shape index (κ3) is 4.27. The van der Waals surface area contributed by atoms with Gasteiger partial charge in [0.05, 0.1) is 12.2 Å². The molecule has 158 valence electrons. The lowest BCUT2D eigenvalue weighted by molar-refractivity contribution is -0.488. The van der Waals surface area contributed by atoms with E-state index in [4.69, 9.17) is 4.74 Å². The molecule has 1 aliphatic heterocycles. The Morgan fingerprint density at radius 2 is 1.87 bits per heavy atom. The number of amides is 2. The number of alkyl carbamates (subject to hydrolysis) is 1. The summed E-state index contributed by atoms with van der Waals surface area (Å²) in [5, 5.41) is 14.1. The zero-order chi connectivity index (χ0) is 22.1. The van der Waals surface area contributed by atoms with Crippen molar-refractivity contribution in [1.82, 2.24) is 5.32 Å². The van der Waals surface area contributed by atoms with E-state index >= 15 is 0 Å². The van der Waals surface area contributed by atoms with Crippen molar-refractivity contribution < 1.29 is 19.2 Å². The molecule has 3 rings (SSSR count). The highest BCUT2D eigenvalue weighted by Crippen LogP contribution is 2.42. The smallest absolute Gasteiger partial charge is 0.408 e. The largest absolute Gasteiger partial charge is 0.444 e. The molecule has 0 spiro atoms. The summed E-state index contributed by atoms with van der Waals surface area (Å²) in [6.45, 7) is 6.32. The molecule has 0 aromatic heterocycles. The van der Waals surface area contributed by atoms with Crippen molar-refractivity contribution in [3.63, 3.8) is 0 Å². The molecule has 0 saturated carbocycles. The van der Waals surface area contributed by atoms with Crippen LogP contribution in [0.2, 0.25) is 0 Å². The Balaban J connectivity index is 2.09. The molecule has 2 amide bonds. The summed E-state index contributed by atoms with van der Waals surface area (Å²) in [5.41, 5.74) is -0.0467. The first-order valence-corrected chi connectivity index (χ1v) is 9.62. The number of carbonyl (C=O) groups excluding carboxylic acids is 2. The predicted molar refractivity (Wildman–Crippen MR) is 112 cm³/mol. The van der Waals surface area contributed by atoms with E-state index in [1.165, 1.54) is 4.90 Å². The Bertz CT molecular complexity index is 984. The lowest BCUT2D eigenvalue weighted by atomic mass is 9.90. The lowest BCUT2D eigenvalue weighted by Gasteiger charge is -2.28. The maximum atomic E-state index is 13.6. The van der Waals surface area contributed by atoms with Crippen LogP contribution in [0.25, 0.3) is 0 Å². The Kier molecular flexibility index (Phi) is 5.52. The van der Waals surface area contributed by atoms with Crippen molar-refractivity contribution in [3.8, 4) is 0 Å². The highest BCUT2D eigenvalue weighted by molar-refractivity contribution is 6.09. The van der Waals surface area contributed by atoms with Crippen LogP contribution >= 0.6 is 0 Å². The summed E-state index contributed by atoms with van der Waals surface area (Å²) in [6.07, 6.45) is -0.883. The highest BCUT2D eigenvalue weighted by atomic mass is 16.6. The summed E-state index contributed by atoms with van der Waals surface area (Å²) in [6, 6.07) is 14.6. The SMILES string of the molecule is Cc1ccc2c(c1)[C@](C[N+](=O)[O-])(NC(=O)OC(C)(C)C)C(=O)N2Cc1ccccc1. The predicted octanol–water partition coefficient (Wildman–Crippen LogP) is 3.54. The first kappa shape index (κ1) is 21.3. The number of nitro groups is 1. The molecule has 0 unspecified atom stereocenters. The Morgan fingerprint density at radius 1 is 1.20 bits per heavy atom. The number of nitrogens with zero attached hydrogens (tertiary/aromatic N) is 2. The number of ether oxygens (including phenoxy) is 1. The van der Waals surface area contributed by atoms with Crippen molar-refractivity contribution in [2.45, 2.75) is 45.4 Å². The van der Waals surface area contributed by atoms with Gasteiger partial charge >= 0.3 is 6.09 Å². The molecule has 0 bridgehead atoms. The molecule has 2 aromatic rings. The number of carbonyl (C=O) groups is 2. The number of rotatable bonds is 5. The van der Waals surface area contributed by atoms with Crippen LogP contribution in [0.1, 0.15) is 37.5 Å². The van der Waals surface area contributed by atoms with Gasteiger partial charge in [-0.25, -0.2) is 4.79 Å². The maximum Gasteiger partial charge on any atom is 0.408 e. The topological polar surface area (TPSA) is 102 Å². The number of aryl methyl sites for hydroxylation is 1. The Labute approximate surface area is 175 Å². The second kappa shape index (κ2) is 7.78. The molecule has 8 nitrogen and oxygen atoms in total. The van der Waals surface area contributed by atoms with Crippen LogP contribution in [0.4, 0.5) is 10.5 Å². The monoisotopic (exact) mass is 411 g/mol. The molecular formula is C22H25N3O5. The second-order valence-electron chi connectivity index (χ2n) is 8.42. The number of anilines is 1. The molecular weight excluding hydrogens is 386 g/mol. The molecule has 1 heterocycles. The minimum Gasteiger partial charge on any atom is -0.444 e. The average Bonchev–Trinajstić information content (AvgIpc) is 2.83. The fraction of sp³-hybridized carbons (Fsp3) is 0.364. The quantitative estimate of drug-likeness (QED) is 0.599. The van der Waals surface area contributed by atoms with Crippen molar-refractivity contribution in [2.24, 2.45) is 0 Å². The van der Waals surface area contributed by atoms with Gasteiger partial charge in [-0.15, -0.1) is 0 Å². The molecule has 0 aliphatic carbocycles. The third-order valence-electron chi connectivity index (χ3n) is 4.78. The zero-order valence-corrected chi connectivity index (χ0v) is 17.5. The Hall–Kier alpha value is -3.42. The normalized spacial score (nSPS) is 18.1. The average molecular weight is 411 g/mol. The van der Waals surface area contributed by atoms with Crippen LogP contribution in [-0.2, 0) is 21.6 Å². The minimum absolute atomic E-state index is 0.227. The fourth-order valence-corrected chi connectivity index (χ4v) is 3.59. The fourth-order valence-electron chi connectivity index (χ4n) is 3.59. The van der Waals surface area contributed by atoms with Crippen LogP contribution in [0.15, 0.2) is 48.5 Å². The molecule has 0 radical (unpaired) electrons. The molecule has 0 saturated heterocycles. The molecule has 0 fully saturated rings. The number of hydrogen-bond donors (Lipinski definition) is 1. The van der Waals surface area contributed by atoms with E-state index in [9.17, 15) is 19.7 Å². The number of fused-ring (bicyclic) bond motifs is 1. The van der Waals surface area contributed by atoms with Gasteiger partial charge in [-0.3, -0.25) is 20.2 Å². The van der Waals surface area contributed by atoms with Crippen LogP contribution in [-0.4, -0.2) is 29.1 Å². The molecule has 1 N–H and O–H groups in total. The van der Waals surface area contributed by atoms with Crippen molar-refractivity contribution in [2.75, 3.05) is 11.4 Å². The summed E-state index contributed by atoms with van der Waals surface area (Å²) >= 11 is 0. The van der Waals surface area contributed by atoms with Crippen molar-refractivity contribution in [3.05, 3.63) is 75.3 Å². The van der Waals surface area contributed by atoms with Crippen LogP contribution in [0.5, 0.6) is 0 Å². The molecule has 8 heteroatoms. The third-order valence-corrected chi connectivity index (χ3v) is 4.78. The highest BCUT2D eigenvalue weighted by Gasteiger charge is 2.56. The number of nitrogens with one attached hydrogen (secondary N) is 1. The minimum atomic E-state index is -1.85. The Morgan fingerprint density at radius 3 is 2.47 bits per heavy atom. The standard InChI is InChI=1S/C22H25N3O5/c1-15-10-11-18-17(12-15)22(14-25(28)29,23-20(27)30-21(2,3)4)19(26)24(18)13-16-8-6-5-7-9-16/h5-12H,13-14H2,1-4H3,(H,23,27)/t22-/m0/s1. The first-order valence-electron chi connectivity index (χ1n) is 9.62. The number of hydrogen-bond acceptors (Lipinski definition) is 5. The van der Waals surface area contributed by atoms with E-state index in [-0.39, 0.29) is 6.54 Å². The van der Waals surface area contributed by atoms with Gasteiger partial charge in [0.1, 0.15) is 5.60 Å². The van der Waals surface area contributed by atoms with Gasteiger partial charge < -0.3 is 9.64 Å². The van der Waals surface area contributed by atoms with Gasteiger partial charge in [0.15, 0.2) is 0 Å². The summed E-state index contributed by atoms with van der Waals surface area (Å²) in [4.78, 5) is 38.6. The van der Waals surface area contributed by atoms with Gasteiger partial charge in [0.2, 0.25) is 12.1 Å². The van der Waals surface area contributed by atoms with Crippen molar-refractivity contribution in [1.29, 1.82) is 0 Å². The van der Waals surface area contributed by atoms with Crippen LogP contribution in [0, 0.1) is 17.0 Å². The van der Waals surface area contributed by atoms with E-state index in [1.54, 1.807) is 32.9 Å². The summed E-state index contributed by atoms with van der Waals surface area (Å²) in [5.74, 6) is -0.561. The number of benzene rings is 2. The molecule has 1 aliphatic rings. The first-order chi connectivity index (χ1) is 14.0. The van der Waals surface area contributed by atoms with Gasteiger partial charge in [-0.05, 0) is 39.3 Å². The van der Waals surface area contributed by atoms with E-state index in [2.05, 4.69) is 5.32 Å². The van der Waals surface area contributed by atoms with Gasteiger partial charge in [-0.2, -0.15) is 0 Å².